The van der Waals surface area contributed by atoms with Crippen molar-refractivity contribution in [2.75, 3.05) is 6.66 Å². The SMILES string of the molecule is C[P+](=O)OC1CCCCC1.[AlH3]. The van der Waals surface area contributed by atoms with Crippen molar-refractivity contribution in [3.63, 3.8) is 0 Å². The number of hydrogen-bond acceptors (Lipinski definition) is 2. The second-order valence-electron chi connectivity index (χ2n) is 2.81. The first kappa shape index (κ1) is 11.6. The zero-order chi connectivity index (χ0) is 7.40. The highest BCUT2D eigenvalue weighted by Crippen LogP contribution is 2.28. The molecule has 1 aliphatic rings. The van der Waals surface area contributed by atoms with Gasteiger partial charge in [-0.2, -0.15) is 0 Å². The zero-order valence-electron chi connectivity index (χ0n) is 6.38. The van der Waals surface area contributed by atoms with Crippen molar-refractivity contribution in [3.05, 3.63) is 0 Å². The van der Waals surface area contributed by atoms with E-state index in [1.807, 2.05) is 0 Å². The summed E-state index contributed by atoms with van der Waals surface area (Å²) in [7, 11) is -1.37. The van der Waals surface area contributed by atoms with E-state index in [1.54, 1.807) is 6.66 Å². The van der Waals surface area contributed by atoms with Gasteiger partial charge >= 0.3 is 8.03 Å². The molecule has 1 saturated carbocycles. The molecule has 0 aromatic heterocycles. The fraction of sp³-hybridized carbons (Fsp3) is 1.00. The maximum absolute atomic E-state index is 10.6. The van der Waals surface area contributed by atoms with Crippen LogP contribution in [0.3, 0.4) is 0 Å². The van der Waals surface area contributed by atoms with Gasteiger partial charge in [-0.15, -0.1) is 4.52 Å². The Morgan fingerprint density at radius 2 is 1.82 bits per heavy atom. The minimum atomic E-state index is -1.37. The third kappa shape index (κ3) is 4.93. The maximum atomic E-state index is 10.6. The fourth-order valence-corrected chi connectivity index (χ4v) is 2.01. The van der Waals surface area contributed by atoms with E-state index in [1.165, 1.54) is 19.3 Å². The van der Waals surface area contributed by atoms with E-state index in [9.17, 15) is 4.57 Å². The standard InChI is InChI=1S/C7H14O2P.Al.3H/c1-10(8)9-7-5-3-2-4-6-7;;;;/h7H,2-6H2,1H3;;;;/q+1;;;;. The van der Waals surface area contributed by atoms with E-state index in [0.717, 1.165) is 12.8 Å². The molecule has 0 aromatic carbocycles. The summed E-state index contributed by atoms with van der Waals surface area (Å²) in [5, 5.41) is 0. The lowest BCUT2D eigenvalue weighted by Crippen LogP contribution is -2.12. The van der Waals surface area contributed by atoms with Crippen molar-refractivity contribution >= 4 is 25.4 Å². The summed E-state index contributed by atoms with van der Waals surface area (Å²) in [6.45, 7) is 1.63. The van der Waals surface area contributed by atoms with E-state index in [2.05, 4.69) is 0 Å². The topological polar surface area (TPSA) is 26.3 Å². The molecule has 0 bridgehead atoms. The summed E-state index contributed by atoms with van der Waals surface area (Å²) in [4.78, 5) is 0. The van der Waals surface area contributed by atoms with Gasteiger partial charge in [0.05, 0.1) is 0 Å². The smallest absolute Gasteiger partial charge is 0.143 e. The van der Waals surface area contributed by atoms with Crippen LogP contribution in [0, 0.1) is 0 Å². The molecule has 0 radical (unpaired) electrons. The Morgan fingerprint density at radius 3 is 2.27 bits per heavy atom. The Balaban J connectivity index is 0.000001000. The first-order valence-corrected chi connectivity index (χ1v) is 5.49. The van der Waals surface area contributed by atoms with Crippen molar-refractivity contribution in [1.82, 2.24) is 0 Å². The van der Waals surface area contributed by atoms with Gasteiger partial charge in [0.15, 0.2) is 24.0 Å². The average Bonchev–Trinajstić information content (AvgIpc) is 1.88. The quantitative estimate of drug-likeness (QED) is 0.488. The molecule has 0 spiro atoms. The van der Waals surface area contributed by atoms with Crippen LogP contribution in [-0.4, -0.2) is 30.1 Å². The summed E-state index contributed by atoms with van der Waals surface area (Å²) in [6, 6.07) is 0. The molecule has 0 amide bonds. The van der Waals surface area contributed by atoms with E-state index in [-0.39, 0.29) is 17.4 Å². The van der Waals surface area contributed by atoms with Crippen LogP contribution in [0.5, 0.6) is 0 Å². The molecule has 1 atom stereocenters. The van der Waals surface area contributed by atoms with Crippen molar-refractivity contribution in [2.24, 2.45) is 0 Å². The van der Waals surface area contributed by atoms with Crippen LogP contribution >= 0.6 is 8.03 Å². The van der Waals surface area contributed by atoms with Crippen LogP contribution in [0.4, 0.5) is 0 Å². The third-order valence-corrected chi connectivity index (χ3v) is 2.44. The van der Waals surface area contributed by atoms with Crippen molar-refractivity contribution < 1.29 is 9.09 Å². The van der Waals surface area contributed by atoms with Crippen LogP contribution in [0.1, 0.15) is 32.1 Å². The Hall–Kier alpha value is 0.592. The molecule has 0 aliphatic heterocycles. The van der Waals surface area contributed by atoms with Crippen molar-refractivity contribution in [1.29, 1.82) is 0 Å². The highest BCUT2D eigenvalue weighted by Gasteiger charge is 2.21. The first-order valence-electron chi connectivity index (χ1n) is 3.86. The first-order chi connectivity index (χ1) is 4.79. The normalized spacial score (nSPS) is 20.6. The van der Waals surface area contributed by atoms with Crippen LogP contribution in [0.25, 0.3) is 0 Å². The van der Waals surface area contributed by atoms with Crippen LogP contribution in [0.2, 0.25) is 0 Å². The molecule has 0 saturated heterocycles. The predicted octanol–water partition coefficient (Wildman–Crippen LogP) is 1.52. The van der Waals surface area contributed by atoms with Gasteiger partial charge in [0.25, 0.3) is 0 Å². The Bertz CT molecular complexity index is 124. The lowest BCUT2D eigenvalue weighted by atomic mass is 9.98. The molecule has 0 aromatic rings. The summed E-state index contributed by atoms with van der Waals surface area (Å²) >= 11 is 0. The minimum Gasteiger partial charge on any atom is -0.143 e. The monoisotopic (exact) mass is 191 g/mol. The second kappa shape index (κ2) is 6.15. The van der Waals surface area contributed by atoms with Gasteiger partial charge in [0, 0.05) is 0 Å². The van der Waals surface area contributed by atoms with Gasteiger partial charge in [-0.1, -0.05) is 19.3 Å². The molecule has 0 heterocycles. The minimum absolute atomic E-state index is 0. The average molecular weight is 191 g/mol. The van der Waals surface area contributed by atoms with E-state index in [4.69, 9.17) is 4.52 Å². The van der Waals surface area contributed by atoms with Gasteiger partial charge in [-0.05, 0) is 17.4 Å². The van der Waals surface area contributed by atoms with Crippen LogP contribution in [0.15, 0.2) is 0 Å². The Kier molecular flexibility index (Phi) is 6.48. The molecule has 1 unspecified atom stereocenters. The van der Waals surface area contributed by atoms with E-state index in [0.29, 0.717) is 6.10 Å². The molecule has 4 heteroatoms. The van der Waals surface area contributed by atoms with Gasteiger partial charge in [0.1, 0.15) is 6.10 Å². The van der Waals surface area contributed by atoms with Gasteiger partial charge < -0.3 is 0 Å². The lowest BCUT2D eigenvalue weighted by molar-refractivity contribution is 0.167. The zero-order valence-corrected chi connectivity index (χ0v) is 7.27. The highest BCUT2D eigenvalue weighted by atomic mass is 31.1. The predicted molar refractivity (Wildman–Crippen MR) is 51.4 cm³/mol. The molecular weight excluding hydrogens is 174 g/mol. The summed E-state index contributed by atoms with van der Waals surface area (Å²) < 4.78 is 15.8. The molecule has 64 valence electrons. The Labute approximate surface area is 79.7 Å². The molecule has 1 fully saturated rings. The maximum Gasteiger partial charge on any atom is 0.505 e. The van der Waals surface area contributed by atoms with E-state index < -0.39 is 8.03 Å². The molecule has 11 heavy (non-hydrogen) atoms. The molecular formula is C7H17AlO2P+. The van der Waals surface area contributed by atoms with Gasteiger partial charge in [0.2, 0.25) is 0 Å². The fourth-order valence-electron chi connectivity index (χ4n) is 1.38. The van der Waals surface area contributed by atoms with Crippen molar-refractivity contribution in [2.45, 2.75) is 38.2 Å². The lowest BCUT2D eigenvalue weighted by Gasteiger charge is -2.15. The van der Waals surface area contributed by atoms with Crippen LogP contribution in [-0.2, 0) is 9.09 Å². The summed E-state index contributed by atoms with van der Waals surface area (Å²) in [5.74, 6) is 0. The van der Waals surface area contributed by atoms with Gasteiger partial charge in [-0.25, -0.2) is 0 Å². The molecule has 1 aliphatic carbocycles. The number of hydrogen-bond donors (Lipinski definition) is 0. The summed E-state index contributed by atoms with van der Waals surface area (Å²) in [5.41, 5.74) is 0. The second-order valence-corrected chi connectivity index (χ2v) is 3.90. The molecule has 0 N–H and O–H groups in total. The third-order valence-electron chi connectivity index (χ3n) is 1.85. The van der Waals surface area contributed by atoms with Crippen LogP contribution < -0.4 is 0 Å². The van der Waals surface area contributed by atoms with Crippen molar-refractivity contribution in [3.8, 4) is 0 Å². The molecule has 1 rings (SSSR count). The van der Waals surface area contributed by atoms with Gasteiger partial charge in [-0.3, -0.25) is 0 Å². The van der Waals surface area contributed by atoms with E-state index >= 15 is 0 Å². The largest absolute Gasteiger partial charge is 0.505 e. The highest BCUT2D eigenvalue weighted by molar-refractivity contribution is 7.38. The number of rotatable bonds is 2. The molecule has 2 nitrogen and oxygen atoms in total. The Morgan fingerprint density at radius 1 is 1.27 bits per heavy atom. The summed E-state index contributed by atoms with van der Waals surface area (Å²) in [6.07, 6.45) is 6.31.